The molecule has 0 saturated carbocycles. The van der Waals surface area contributed by atoms with E-state index in [4.69, 9.17) is 4.84 Å². The lowest BCUT2D eigenvalue weighted by atomic mass is 9.90. The van der Waals surface area contributed by atoms with E-state index in [1.165, 1.54) is 7.11 Å². The highest BCUT2D eigenvalue weighted by Gasteiger charge is 2.32. The van der Waals surface area contributed by atoms with Crippen molar-refractivity contribution in [1.82, 2.24) is 15.8 Å². The molecule has 6 heteroatoms. The van der Waals surface area contributed by atoms with Gasteiger partial charge in [0.15, 0.2) is 0 Å². The molecule has 1 aliphatic carbocycles. The highest BCUT2D eigenvalue weighted by Crippen LogP contribution is 2.23. The Hall–Kier alpha value is -2.99. The van der Waals surface area contributed by atoms with Crippen LogP contribution in [0, 0.1) is 0 Å². The Balaban J connectivity index is 1.74. The predicted molar refractivity (Wildman–Crippen MR) is 92.8 cm³/mol. The molecule has 0 radical (unpaired) electrons. The number of hydrogen-bond acceptors (Lipinski definition) is 6. The third-order valence-corrected chi connectivity index (χ3v) is 3.96. The normalized spacial score (nSPS) is 13.6. The molecule has 0 atom stereocenters. The summed E-state index contributed by atoms with van der Waals surface area (Å²) in [6.07, 6.45) is 3.32. The number of rotatable bonds is 7. The Morgan fingerprint density at radius 3 is 2.28 bits per heavy atom. The van der Waals surface area contributed by atoms with Gasteiger partial charge in [-0.1, -0.05) is 30.3 Å². The van der Waals surface area contributed by atoms with E-state index >= 15 is 0 Å². The third-order valence-electron chi connectivity index (χ3n) is 3.96. The molecule has 2 N–H and O–H groups in total. The zero-order valence-corrected chi connectivity index (χ0v) is 13.9. The SMILES string of the molecule is CONC1=C(NCCCc2ccccn2)C(=O)c2ccccc2C1=O. The monoisotopic (exact) mass is 337 g/mol. The van der Waals surface area contributed by atoms with Gasteiger partial charge in [0, 0.05) is 29.6 Å². The molecule has 2 aromatic rings. The van der Waals surface area contributed by atoms with Gasteiger partial charge in [-0.15, -0.1) is 0 Å². The van der Waals surface area contributed by atoms with Crippen molar-refractivity contribution in [2.75, 3.05) is 13.7 Å². The number of nitrogens with one attached hydrogen (secondary N) is 2. The van der Waals surface area contributed by atoms with E-state index < -0.39 is 0 Å². The van der Waals surface area contributed by atoms with Crippen molar-refractivity contribution in [3.8, 4) is 0 Å². The number of ketones is 2. The lowest BCUT2D eigenvalue weighted by Gasteiger charge is -2.22. The molecule has 1 aliphatic rings. The number of benzene rings is 1. The molecule has 1 aromatic heterocycles. The van der Waals surface area contributed by atoms with Gasteiger partial charge in [-0.2, -0.15) is 0 Å². The molecule has 3 rings (SSSR count). The zero-order valence-electron chi connectivity index (χ0n) is 13.9. The number of aryl methyl sites for hydroxylation is 1. The van der Waals surface area contributed by atoms with Crippen molar-refractivity contribution >= 4 is 11.6 Å². The summed E-state index contributed by atoms with van der Waals surface area (Å²) in [4.78, 5) is 34.5. The maximum Gasteiger partial charge on any atom is 0.214 e. The van der Waals surface area contributed by atoms with Crippen LogP contribution in [0.1, 0.15) is 32.8 Å². The quantitative estimate of drug-likeness (QED) is 0.594. The minimum atomic E-state index is -0.260. The molecule has 0 unspecified atom stereocenters. The van der Waals surface area contributed by atoms with Gasteiger partial charge in [0.05, 0.1) is 7.11 Å². The van der Waals surface area contributed by atoms with Gasteiger partial charge in [-0.3, -0.25) is 24.9 Å². The highest BCUT2D eigenvalue weighted by molar-refractivity contribution is 6.26. The molecule has 0 spiro atoms. The van der Waals surface area contributed by atoms with Crippen molar-refractivity contribution in [2.45, 2.75) is 12.8 Å². The second-order valence-electron chi connectivity index (χ2n) is 5.61. The summed E-state index contributed by atoms with van der Waals surface area (Å²) in [5, 5.41) is 3.09. The van der Waals surface area contributed by atoms with Crippen molar-refractivity contribution in [3.63, 3.8) is 0 Å². The van der Waals surface area contributed by atoms with Crippen molar-refractivity contribution < 1.29 is 14.4 Å². The molecule has 0 saturated heterocycles. The highest BCUT2D eigenvalue weighted by atomic mass is 16.6. The second-order valence-corrected chi connectivity index (χ2v) is 5.61. The minimum Gasteiger partial charge on any atom is -0.380 e. The van der Waals surface area contributed by atoms with E-state index in [-0.39, 0.29) is 23.0 Å². The number of aromatic nitrogens is 1. The van der Waals surface area contributed by atoms with Gasteiger partial charge in [0.1, 0.15) is 11.4 Å². The second kappa shape index (κ2) is 7.72. The van der Waals surface area contributed by atoms with Gasteiger partial charge in [-0.25, -0.2) is 0 Å². The van der Waals surface area contributed by atoms with Crippen LogP contribution in [0.15, 0.2) is 60.1 Å². The summed E-state index contributed by atoms with van der Waals surface area (Å²) in [5.41, 5.74) is 4.71. The zero-order chi connectivity index (χ0) is 17.6. The average Bonchev–Trinajstić information content (AvgIpc) is 2.66. The summed E-state index contributed by atoms with van der Waals surface area (Å²) >= 11 is 0. The van der Waals surface area contributed by atoms with E-state index in [9.17, 15) is 9.59 Å². The first-order valence-electron chi connectivity index (χ1n) is 8.08. The smallest absolute Gasteiger partial charge is 0.214 e. The van der Waals surface area contributed by atoms with Gasteiger partial charge >= 0.3 is 0 Å². The van der Waals surface area contributed by atoms with Crippen molar-refractivity contribution in [3.05, 3.63) is 76.9 Å². The fraction of sp³-hybridized carbons (Fsp3) is 0.211. The topological polar surface area (TPSA) is 80.3 Å². The Morgan fingerprint density at radius 2 is 1.64 bits per heavy atom. The molecule has 1 heterocycles. The minimum absolute atomic E-state index is 0.143. The Kier molecular flexibility index (Phi) is 5.20. The number of carbonyl (C=O) groups excluding carboxylic acids is 2. The molecular weight excluding hydrogens is 318 g/mol. The van der Waals surface area contributed by atoms with Crippen LogP contribution in [-0.2, 0) is 11.3 Å². The lowest BCUT2D eigenvalue weighted by Crippen LogP contribution is -2.36. The Labute approximate surface area is 145 Å². The number of pyridine rings is 1. The van der Waals surface area contributed by atoms with Crippen LogP contribution < -0.4 is 10.8 Å². The molecule has 128 valence electrons. The summed E-state index contributed by atoms with van der Waals surface area (Å²) in [6.45, 7) is 0.544. The fourth-order valence-corrected chi connectivity index (χ4v) is 2.77. The molecule has 6 nitrogen and oxygen atoms in total. The molecule has 0 aliphatic heterocycles. The maximum atomic E-state index is 12.7. The molecule has 0 bridgehead atoms. The van der Waals surface area contributed by atoms with E-state index in [0.29, 0.717) is 17.7 Å². The van der Waals surface area contributed by atoms with Gasteiger partial charge in [0.2, 0.25) is 11.6 Å². The number of hydrogen-bond donors (Lipinski definition) is 2. The summed E-state index contributed by atoms with van der Waals surface area (Å²) in [6, 6.07) is 12.6. The first-order chi connectivity index (χ1) is 12.2. The van der Waals surface area contributed by atoms with Crippen LogP contribution in [-0.4, -0.2) is 30.2 Å². The first-order valence-corrected chi connectivity index (χ1v) is 8.08. The van der Waals surface area contributed by atoms with Crippen LogP contribution in [0.4, 0.5) is 0 Å². The number of nitrogens with zero attached hydrogens (tertiary/aromatic N) is 1. The molecule has 0 amide bonds. The standard InChI is InChI=1S/C19H19N3O3/c1-25-22-17-16(21-12-6-8-13-7-4-5-11-20-13)18(23)14-9-2-3-10-15(14)19(17)24/h2-5,7,9-11,21-22H,6,8,12H2,1H3. The van der Waals surface area contributed by atoms with Crippen LogP contribution in [0.2, 0.25) is 0 Å². The third kappa shape index (κ3) is 3.59. The number of fused-ring (bicyclic) bond motifs is 1. The van der Waals surface area contributed by atoms with E-state index in [2.05, 4.69) is 15.8 Å². The summed E-state index contributed by atoms with van der Waals surface area (Å²) in [7, 11) is 1.41. The largest absolute Gasteiger partial charge is 0.380 e. The van der Waals surface area contributed by atoms with Crippen LogP contribution >= 0.6 is 0 Å². The van der Waals surface area contributed by atoms with Crippen molar-refractivity contribution in [2.24, 2.45) is 0 Å². The number of allylic oxidation sites excluding steroid dienone is 2. The Morgan fingerprint density at radius 1 is 0.960 bits per heavy atom. The average molecular weight is 337 g/mol. The predicted octanol–water partition coefficient (Wildman–Crippen LogP) is 2.05. The van der Waals surface area contributed by atoms with E-state index in [1.807, 2.05) is 18.2 Å². The van der Waals surface area contributed by atoms with Gasteiger partial charge in [0.25, 0.3) is 0 Å². The first kappa shape index (κ1) is 16.9. The number of Topliss-reactive ketones (excluding diaryl/α,β-unsaturated/α-hetero) is 2. The van der Waals surface area contributed by atoms with Crippen LogP contribution in [0.3, 0.4) is 0 Å². The number of hydroxylamine groups is 1. The number of carbonyl (C=O) groups is 2. The van der Waals surface area contributed by atoms with Gasteiger partial charge < -0.3 is 5.32 Å². The molecule has 25 heavy (non-hydrogen) atoms. The van der Waals surface area contributed by atoms with E-state index in [0.717, 1.165) is 18.5 Å². The molecule has 1 aromatic carbocycles. The van der Waals surface area contributed by atoms with E-state index in [1.54, 1.807) is 30.5 Å². The van der Waals surface area contributed by atoms with Crippen molar-refractivity contribution in [1.29, 1.82) is 0 Å². The van der Waals surface area contributed by atoms with Crippen LogP contribution in [0.5, 0.6) is 0 Å². The van der Waals surface area contributed by atoms with Crippen LogP contribution in [0.25, 0.3) is 0 Å². The maximum absolute atomic E-state index is 12.7. The summed E-state index contributed by atoms with van der Waals surface area (Å²) < 4.78 is 0. The van der Waals surface area contributed by atoms with Gasteiger partial charge in [-0.05, 0) is 25.0 Å². The fourth-order valence-electron chi connectivity index (χ4n) is 2.77. The summed E-state index contributed by atoms with van der Waals surface area (Å²) in [5.74, 6) is -0.475. The Bertz CT molecular complexity index is 816. The molecular formula is C19H19N3O3. The lowest BCUT2D eigenvalue weighted by molar-refractivity contribution is 0.0835. The molecule has 0 fully saturated rings.